The van der Waals surface area contributed by atoms with Gasteiger partial charge in [-0.3, -0.25) is 10.1 Å². The Labute approximate surface area is 120 Å². The van der Waals surface area contributed by atoms with E-state index in [1.54, 1.807) is 36.4 Å². The van der Waals surface area contributed by atoms with Gasteiger partial charge in [0.25, 0.3) is 5.69 Å². The van der Waals surface area contributed by atoms with E-state index in [4.69, 9.17) is 22.7 Å². The zero-order valence-electron chi connectivity index (χ0n) is 10.3. The molecule has 0 saturated heterocycles. The van der Waals surface area contributed by atoms with Gasteiger partial charge in [-0.15, -0.1) is 0 Å². The molecule has 0 saturated carbocycles. The van der Waals surface area contributed by atoms with Gasteiger partial charge >= 0.3 is 0 Å². The van der Waals surface area contributed by atoms with Crippen LogP contribution >= 0.6 is 12.2 Å². The zero-order valence-corrected chi connectivity index (χ0v) is 11.1. The molecule has 102 valence electrons. The smallest absolute Gasteiger partial charge is 0.269 e. The lowest BCUT2D eigenvalue weighted by atomic mass is 10.3. The van der Waals surface area contributed by atoms with Crippen LogP contribution in [-0.4, -0.2) is 10.0 Å². The molecule has 3 N–H and O–H groups in total. The van der Waals surface area contributed by atoms with Gasteiger partial charge in [0.1, 0.15) is 11.5 Å². The summed E-state index contributed by atoms with van der Waals surface area (Å²) in [4.78, 5) is 10.1. The Balaban J connectivity index is 2.06. The van der Waals surface area contributed by atoms with Crippen molar-refractivity contribution in [1.82, 2.24) is 0 Å². The molecule has 0 aromatic heterocycles. The van der Waals surface area contributed by atoms with Gasteiger partial charge in [-0.05, 0) is 48.6 Å². The zero-order chi connectivity index (χ0) is 14.5. The highest BCUT2D eigenvalue weighted by atomic mass is 32.1. The lowest BCUT2D eigenvalue weighted by molar-refractivity contribution is -0.384. The van der Waals surface area contributed by atoms with Gasteiger partial charge in [0.15, 0.2) is 5.11 Å². The average molecular weight is 289 g/mol. The summed E-state index contributed by atoms with van der Waals surface area (Å²) in [6.07, 6.45) is 0. The van der Waals surface area contributed by atoms with Crippen molar-refractivity contribution < 1.29 is 9.66 Å². The van der Waals surface area contributed by atoms with E-state index < -0.39 is 4.92 Å². The highest BCUT2D eigenvalue weighted by Gasteiger charge is 2.05. The number of nitrogens with two attached hydrogens (primary N) is 1. The monoisotopic (exact) mass is 289 g/mol. The van der Waals surface area contributed by atoms with Crippen LogP contribution in [0.25, 0.3) is 0 Å². The number of hydrogen-bond donors (Lipinski definition) is 2. The van der Waals surface area contributed by atoms with Crippen molar-refractivity contribution in [3.8, 4) is 11.5 Å². The van der Waals surface area contributed by atoms with Gasteiger partial charge in [-0.2, -0.15) is 0 Å². The minimum absolute atomic E-state index is 0.0216. The van der Waals surface area contributed by atoms with E-state index >= 15 is 0 Å². The second kappa shape index (κ2) is 5.98. The van der Waals surface area contributed by atoms with Crippen molar-refractivity contribution in [3.63, 3.8) is 0 Å². The van der Waals surface area contributed by atoms with Crippen molar-refractivity contribution in [1.29, 1.82) is 0 Å². The van der Waals surface area contributed by atoms with E-state index in [-0.39, 0.29) is 10.8 Å². The van der Waals surface area contributed by atoms with Crippen molar-refractivity contribution in [3.05, 3.63) is 58.6 Å². The Morgan fingerprint density at radius 1 is 1.10 bits per heavy atom. The second-order valence-corrected chi connectivity index (χ2v) is 4.31. The van der Waals surface area contributed by atoms with Crippen molar-refractivity contribution in [2.75, 3.05) is 5.32 Å². The highest BCUT2D eigenvalue weighted by molar-refractivity contribution is 7.80. The normalized spacial score (nSPS) is 9.80. The first kappa shape index (κ1) is 13.8. The summed E-state index contributed by atoms with van der Waals surface area (Å²) < 4.78 is 5.56. The highest BCUT2D eigenvalue weighted by Crippen LogP contribution is 2.24. The molecule has 20 heavy (non-hydrogen) atoms. The molecular weight excluding hydrogens is 278 g/mol. The maximum absolute atomic E-state index is 10.5. The Bertz CT molecular complexity index is 626. The fraction of sp³-hybridized carbons (Fsp3) is 0. The fourth-order valence-electron chi connectivity index (χ4n) is 1.52. The van der Waals surface area contributed by atoms with Crippen LogP contribution in [0.15, 0.2) is 48.5 Å². The number of nitrogens with one attached hydrogen (secondary N) is 1. The minimum atomic E-state index is -0.458. The third-order valence-corrected chi connectivity index (χ3v) is 2.51. The first-order valence-electron chi connectivity index (χ1n) is 5.63. The van der Waals surface area contributed by atoms with E-state index in [2.05, 4.69) is 5.32 Å². The van der Waals surface area contributed by atoms with Crippen molar-refractivity contribution >= 4 is 28.7 Å². The number of non-ortho nitro benzene ring substituents is 1. The third kappa shape index (κ3) is 3.66. The Morgan fingerprint density at radius 3 is 2.05 bits per heavy atom. The largest absolute Gasteiger partial charge is 0.457 e. The minimum Gasteiger partial charge on any atom is -0.457 e. The van der Waals surface area contributed by atoms with Crippen molar-refractivity contribution in [2.24, 2.45) is 5.73 Å². The van der Waals surface area contributed by atoms with Crippen LogP contribution < -0.4 is 15.8 Å². The van der Waals surface area contributed by atoms with E-state index in [0.29, 0.717) is 11.5 Å². The van der Waals surface area contributed by atoms with Crippen molar-refractivity contribution in [2.45, 2.75) is 0 Å². The van der Waals surface area contributed by atoms with Crippen LogP contribution in [0.2, 0.25) is 0 Å². The Kier molecular flexibility index (Phi) is 4.11. The quantitative estimate of drug-likeness (QED) is 0.511. The molecule has 0 radical (unpaired) electrons. The number of hydrogen-bond acceptors (Lipinski definition) is 4. The van der Waals surface area contributed by atoms with Gasteiger partial charge in [0, 0.05) is 17.8 Å². The lowest BCUT2D eigenvalue weighted by Crippen LogP contribution is -2.18. The Hall–Kier alpha value is -2.67. The summed E-state index contributed by atoms with van der Waals surface area (Å²) in [5, 5.41) is 13.5. The molecule has 0 atom stereocenters. The molecule has 7 heteroatoms. The average Bonchev–Trinajstić information content (AvgIpc) is 2.41. The number of nitrogens with zero attached hydrogens (tertiary/aromatic N) is 1. The molecule has 0 fully saturated rings. The summed E-state index contributed by atoms with van der Waals surface area (Å²) in [7, 11) is 0. The van der Waals surface area contributed by atoms with E-state index in [1.165, 1.54) is 12.1 Å². The molecule has 6 nitrogen and oxygen atoms in total. The van der Waals surface area contributed by atoms with Gasteiger partial charge in [0.2, 0.25) is 0 Å². The maximum atomic E-state index is 10.5. The predicted molar refractivity (Wildman–Crippen MR) is 80.0 cm³/mol. The summed E-state index contributed by atoms with van der Waals surface area (Å²) in [5.74, 6) is 1.12. The van der Waals surface area contributed by atoms with Crippen LogP contribution in [0.5, 0.6) is 11.5 Å². The SMILES string of the molecule is NC(=S)Nc1ccc(Oc2ccc([N+](=O)[O-])cc2)cc1. The van der Waals surface area contributed by atoms with Gasteiger partial charge in [-0.25, -0.2) is 0 Å². The molecule has 0 amide bonds. The fourth-order valence-corrected chi connectivity index (χ4v) is 1.64. The first-order valence-corrected chi connectivity index (χ1v) is 6.04. The number of rotatable bonds is 4. The lowest BCUT2D eigenvalue weighted by Gasteiger charge is -2.07. The molecule has 2 aromatic carbocycles. The molecule has 0 spiro atoms. The molecule has 0 aliphatic heterocycles. The van der Waals surface area contributed by atoms with Gasteiger partial charge in [0.05, 0.1) is 4.92 Å². The molecule has 2 aromatic rings. The molecule has 0 heterocycles. The molecule has 0 aliphatic rings. The van der Waals surface area contributed by atoms with E-state index in [0.717, 1.165) is 5.69 Å². The van der Waals surface area contributed by atoms with Crippen LogP contribution in [0, 0.1) is 10.1 Å². The molecule has 2 rings (SSSR count). The first-order chi connectivity index (χ1) is 9.54. The van der Waals surface area contributed by atoms with Crippen LogP contribution in [0.3, 0.4) is 0 Å². The van der Waals surface area contributed by atoms with E-state index in [1.807, 2.05) is 0 Å². The van der Waals surface area contributed by atoms with Gasteiger partial charge < -0.3 is 15.8 Å². The molecule has 0 unspecified atom stereocenters. The summed E-state index contributed by atoms with van der Waals surface area (Å²) >= 11 is 4.73. The number of benzene rings is 2. The summed E-state index contributed by atoms with van der Waals surface area (Å²) in [6, 6.07) is 12.9. The van der Waals surface area contributed by atoms with Gasteiger partial charge in [-0.1, -0.05) is 0 Å². The van der Waals surface area contributed by atoms with Crippen LogP contribution in [0.1, 0.15) is 0 Å². The third-order valence-electron chi connectivity index (χ3n) is 2.41. The number of nitro benzene ring substituents is 1. The molecule has 0 aliphatic carbocycles. The maximum Gasteiger partial charge on any atom is 0.269 e. The predicted octanol–water partition coefficient (Wildman–Crippen LogP) is 3.04. The van der Waals surface area contributed by atoms with E-state index in [9.17, 15) is 10.1 Å². The van der Waals surface area contributed by atoms with Crippen LogP contribution in [-0.2, 0) is 0 Å². The standard InChI is InChI=1S/C13H11N3O3S/c14-13(20)15-9-1-5-11(6-2-9)19-12-7-3-10(4-8-12)16(17)18/h1-8H,(H3,14,15,20). The molecule has 0 bridgehead atoms. The number of anilines is 1. The molecular formula is C13H11N3O3S. The number of nitro groups is 1. The number of thiocarbonyl (C=S) groups is 1. The number of ether oxygens (including phenoxy) is 1. The summed E-state index contributed by atoms with van der Waals surface area (Å²) in [5.41, 5.74) is 6.14. The Morgan fingerprint density at radius 2 is 1.60 bits per heavy atom. The summed E-state index contributed by atoms with van der Waals surface area (Å²) in [6.45, 7) is 0. The second-order valence-electron chi connectivity index (χ2n) is 3.87. The van der Waals surface area contributed by atoms with Crippen LogP contribution in [0.4, 0.5) is 11.4 Å². The topological polar surface area (TPSA) is 90.4 Å².